The Morgan fingerprint density at radius 2 is 2.12 bits per heavy atom. The second-order valence-electron chi connectivity index (χ2n) is 2.99. The Morgan fingerprint density at radius 3 is 2.65 bits per heavy atom. The second kappa shape index (κ2) is 5.76. The minimum absolute atomic E-state index is 0.0951. The monoisotopic (exact) mass is 266 g/mol. The number of thioether (sulfide) groups is 1. The van der Waals surface area contributed by atoms with E-state index in [2.05, 4.69) is 10.3 Å². The van der Waals surface area contributed by atoms with Crippen molar-refractivity contribution >= 4 is 17.7 Å². The number of H-pyrrole nitrogens is 1. The van der Waals surface area contributed by atoms with Crippen LogP contribution in [0.3, 0.4) is 0 Å². The first-order valence-corrected chi connectivity index (χ1v) is 5.55. The zero-order valence-corrected chi connectivity index (χ0v) is 9.32. The van der Waals surface area contributed by atoms with Gasteiger partial charge in [0.05, 0.1) is 5.56 Å². The van der Waals surface area contributed by atoms with Crippen LogP contribution in [0.4, 0.5) is 13.2 Å². The number of hydrogen-bond acceptors (Lipinski definition) is 3. The molecule has 1 aromatic rings. The van der Waals surface area contributed by atoms with Gasteiger partial charge in [-0.25, -0.2) is 0 Å². The maximum atomic E-state index is 11.8. The fourth-order valence-corrected chi connectivity index (χ4v) is 1.42. The van der Waals surface area contributed by atoms with Gasteiger partial charge in [-0.05, 0) is 17.8 Å². The molecule has 0 radical (unpaired) electrons. The van der Waals surface area contributed by atoms with Crippen LogP contribution in [0.25, 0.3) is 0 Å². The van der Waals surface area contributed by atoms with Gasteiger partial charge in [0.25, 0.3) is 5.91 Å². The number of carbonyl (C=O) groups is 1. The molecule has 94 valence electrons. The predicted molar refractivity (Wildman–Crippen MR) is 57.9 cm³/mol. The molecule has 4 nitrogen and oxygen atoms in total. The first-order chi connectivity index (χ1) is 7.88. The minimum atomic E-state index is -4.29. The molecule has 0 spiro atoms. The van der Waals surface area contributed by atoms with Crippen molar-refractivity contribution in [1.29, 1.82) is 0 Å². The van der Waals surface area contributed by atoms with E-state index >= 15 is 0 Å². The normalized spacial score (nSPS) is 11.2. The number of pyridine rings is 1. The van der Waals surface area contributed by atoms with E-state index in [0.29, 0.717) is 0 Å². The van der Waals surface area contributed by atoms with E-state index in [-0.39, 0.29) is 35.2 Å². The highest BCUT2D eigenvalue weighted by molar-refractivity contribution is 8.00. The summed E-state index contributed by atoms with van der Waals surface area (Å²) in [5.74, 6) is -0.775. The maximum absolute atomic E-state index is 11.8. The molecule has 0 aliphatic rings. The molecule has 0 aliphatic heterocycles. The number of hydrogen-bond donors (Lipinski definition) is 2. The van der Waals surface area contributed by atoms with Gasteiger partial charge >= 0.3 is 5.51 Å². The molecule has 0 saturated carbocycles. The summed E-state index contributed by atoms with van der Waals surface area (Å²) in [6, 6.07) is 2.46. The van der Waals surface area contributed by atoms with E-state index in [1.54, 1.807) is 0 Å². The van der Waals surface area contributed by atoms with Crippen molar-refractivity contribution in [1.82, 2.24) is 10.3 Å². The van der Waals surface area contributed by atoms with E-state index < -0.39 is 11.4 Å². The molecule has 0 bridgehead atoms. The molecule has 0 atom stereocenters. The van der Waals surface area contributed by atoms with Crippen LogP contribution in [0, 0.1) is 0 Å². The summed E-state index contributed by atoms with van der Waals surface area (Å²) in [7, 11) is 0. The molecule has 1 amide bonds. The van der Waals surface area contributed by atoms with Gasteiger partial charge in [0, 0.05) is 24.6 Å². The fraction of sp³-hybridized carbons (Fsp3) is 0.333. The van der Waals surface area contributed by atoms with Gasteiger partial charge < -0.3 is 10.3 Å². The Kier molecular flexibility index (Phi) is 4.62. The molecule has 0 saturated heterocycles. The van der Waals surface area contributed by atoms with Crippen molar-refractivity contribution in [3.8, 4) is 0 Å². The molecule has 0 aliphatic carbocycles. The highest BCUT2D eigenvalue weighted by Gasteiger charge is 2.27. The summed E-state index contributed by atoms with van der Waals surface area (Å²) in [5, 5.41) is 2.31. The highest BCUT2D eigenvalue weighted by Crippen LogP contribution is 2.29. The predicted octanol–water partition coefficient (Wildman–Crippen LogP) is 1.36. The van der Waals surface area contributed by atoms with E-state index in [9.17, 15) is 22.8 Å². The van der Waals surface area contributed by atoms with Gasteiger partial charge in [0.2, 0.25) is 5.56 Å². The van der Waals surface area contributed by atoms with Crippen LogP contribution in [0.15, 0.2) is 23.1 Å². The van der Waals surface area contributed by atoms with Gasteiger partial charge in [0.1, 0.15) is 0 Å². The summed E-state index contributed by atoms with van der Waals surface area (Å²) in [6.07, 6.45) is 1.20. The van der Waals surface area contributed by atoms with Crippen LogP contribution in [0.5, 0.6) is 0 Å². The third-order valence-electron chi connectivity index (χ3n) is 1.70. The first-order valence-electron chi connectivity index (χ1n) is 4.56. The third-order valence-corrected chi connectivity index (χ3v) is 2.44. The largest absolute Gasteiger partial charge is 0.441 e. The average Bonchev–Trinajstić information content (AvgIpc) is 2.24. The van der Waals surface area contributed by atoms with Gasteiger partial charge in [-0.3, -0.25) is 9.59 Å². The number of aromatic amines is 1. The minimum Gasteiger partial charge on any atom is -0.351 e. The van der Waals surface area contributed by atoms with Crippen molar-refractivity contribution in [3.63, 3.8) is 0 Å². The Hall–Kier alpha value is -1.44. The topological polar surface area (TPSA) is 62.0 Å². The Balaban J connectivity index is 2.35. The molecule has 8 heteroatoms. The van der Waals surface area contributed by atoms with Crippen molar-refractivity contribution in [2.45, 2.75) is 5.51 Å². The van der Waals surface area contributed by atoms with Crippen molar-refractivity contribution in [2.75, 3.05) is 12.3 Å². The highest BCUT2D eigenvalue weighted by atomic mass is 32.2. The van der Waals surface area contributed by atoms with E-state index in [1.165, 1.54) is 18.3 Å². The van der Waals surface area contributed by atoms with Crippen LogP contribution >= 0.6 is 11.8 Å². The Labute approximate surface area is 98.6 Å². The summed E-state index contributed by atoms with van der Waals surface area (Å²) in [4.78, 5) is 24.4. The van der Waals surface area contributed by atoms with Crippen LogP contribution < -0.4 is 10.9 Å². The average molecular weight is 266 g/mol. The van der Waals surface area contributed by atoms with Gasteiger partial charge in [0.15, 0.2) is 0 Å². The van der Waals surface area contributed by atoms with Crippen molar-refractivity contribution in [3.05, 3.63) is 34.2 Å². The van der Waals surface area contributed by atoms with Gasteiger partial charge in [-0.15, -0.1) is 0 Å². The van der Waals surface area contributed by atoms with Gasteiger partial charge in [-0.1, -0.05) is 0 Å². The smallest absolute Gasteiger partial charge is 0.351 e. The summed E-state index contributed by atoms with van der Waals surface area (Å²) in [6.45, 7) is -0.0951. The van der Waals surface area contributed by atoms with Crippen molar-refractivity contribution in [2.24, 2.45) is 0 Å². The quantitative estimate of drug-likeness (QED) is 0.809. The number of aromatic nitrogens is 1. The SMILES string of the molecule is O=C(NCCSC(F)(F)F)c1ccc(=O)[nH]c1. The molecule has 0 unspecified atom stereocenters. The third kappa shape index (κ3) is 5.43. The molecule has 1 aromatic heterocycles. The Morgan fingerprint density at radius 1 is 1.41 bits per heavy atom. The number of alkyl halides is 3. The molecule has 17 heavy (non-hydrogen) atoms. The molecular weight excluding hydrogens is 257 g/mol. The molecule has 0 aromatic carbocycles. The maximum Gasteiger partial charge on any atom is 0.441 e. The van der Waals surface area contributed by atoms with Crippen LogP contribution in [0.2, 0.25) is 0 Å². The lowest BCUT2D eigenvalue weighted by Gasteiger charge is -2.06. The molecular formula is C9H9F3N2O2S. The van der Waals surface area contributed by atoms with E-state index in [4.69, 9.17) is 0 Å². The molecule has 1 rings (SSSR count). The molecule has 1 heterocycles. The molecule has 0 fully saturated rings. The number of halogens is 3. The van der Waals surface area contributed by atoms with Gasteiger partial charge in [-0.2, -0.15) is 13.2 Å². The van der Waals surface area contributed by atoms with Crippen molar-refractivity contribution < 1.29 is 18.0 Å². The fourth-order valence-electron chi connectivity index (χ4n) is 0.985. The zero-order chi connectivity index (χ0) is 12.9. The van der Waals surface area contributed by atoms with Crippen LogP contribution in [0.1, 0.15) is 10.4 Å². The number of amides is 1. The first kappa shape index (κ1) is 13.6. The zero-order valence-electron chi connectivity index (χ0n) is 8.50. The van der Waals surface area contributed by atoms with E-state index in [1.807, 2.05) is 0 Å². The lowest BCUT2D eigenvalue weighted by molar-refractivity contribution is -0.0327. The Bertz CT molecular complexity index is 424. The lowest BCUT2D eigenvalue weighted by Crippen LogP contribution is -2.27. The van der Waals surface area contributed by atoms with E-state index in [0.717, 1.165) is 0 Å². The second-order valence-corrected chi connectivity index (χ2v) is 4.15. The standard InChI is InChI=1S/C9H9F3N2O2S/c10-9(11,12)17-4-3-13-8(16)6-1-2-7(15)14-5-6/h1-2,5H,3-4H2,(H,13,16)(H,14,15). The van der Waals surface area contributed by atoms with Crippen LogP contribution in [-0.2, 0) is 0 Å². The summed E-state index contributed by atoms with van der Waals surface area (Å²) in [5.41, 5.74) is -4.45. The summed E-state index contributed by atoms with van der Waals surface area (Å²) < 4.78 is 35.3. The number of rotatable bonds is 4. The number of carbonyl (C=O) groups excluding carboxylic acids is 1. The lowest BCUT2D eigenvalue weighted by atomic mass is 10.3. The van der Waals surface area contributed by atoms with Crippen LogP contribution in [-0.4, -0.2) is 28.7 Å². The molecule has 2 N–H and O–H groups in total. The number of nitrogens with one attached hydrogen (secondary N) is 2. The summed E-state index contributed by atoms with van der Waals surface area (Å²) >= 11 is -0.199.